The fourth-order valence-corrected chi connectivity index (χ4v) is 3.91. The van der Waals surface area contributed by atoms with Crippen LogP contribution >= 0.6 is 0 Å². The minimum Gasteiger partial charge on any atom is -0.461 e. The van der Waals surface area contributed by atoms with Gasteiger partial charge in [-0.1, -0.05) is 12.1 Å². The lowest BCUT2D eigenvalue weighted by Gasteiger charge is -2.35. The molecule has 9 nitrogen and oxygen atoms in total. The standard InChI is InChI=1S/C24H30N6O3/c1-28(2)15-17-4-6-18(7-5-17)23(32)30-12-9-19(10-13-30)33-24-27-21(14-22(31)29(24)3)20-8-11-25-16-26-20/h4-8,11,14,16,19,22,31H,9-10,12-13,15H2,1-3H3. The molecule has 1 atom stereocenters. The number of piperidine rings is 1. The largest absolute Gasteiger partial charge is 0.461 e. The number of aliphatic imine (C=N–C) groups is 1. The Kier molecular flexibility index (Phi) is 7.00. The summed E-state index contributed by atoms with van der Waals surface area (Å²) in [5.74, 6) is 0.0429. The second kappa shape index (κ2) is 10.1. The summed E-state index contributed by atoms with van der Waals surface area (Å²) in [5, 5.41) is 10.4. The first-order valence-electron chi connectivity index (χ1n) is 11.1. The van der Waals surface area contributed by atoms with Crippen LogP contribution in [0, 0.1) is 0 Å². The molecule has 0 saturated carbocycles. The summed E-state index contributed by atoms with van der Waals surface area (Å²) in [6.45, 7) is 2.06. The molecule has 0 radical (unpaired) electrons. The summed E-state index contributed by atoms with van der Waals surface area (Å²) < 4.78 is 6.14. The molecule has 1 amide bonds. The highest BCUT2D eigenvalue weighted by Gasteiger charge is 2.29. The Balaban J connectivity index is 1.35. The quantitative estimate of drug-likeness (QED) is 0.743. The number of ether oxygens (including phenoxy) is 1. The van der Waals surface area contributed by atoms with Gasteiger partial charge in [-0.3, -0.25) is 4.79 Å². The number of rotatable bonds is 5. The third-order valence-corrected chi connectivity index (χ3v) is 5.77. The summed E-state index contributed by atoms with van der Waals surface area (Å²) in [6, 6.07) is 9.90. The molecular formula is C24H30N6O3. The average Bonchev–Trinajstić information content (AvgIpc) is 2.82. The molecule has 0 spiro atoms. The third-order valence-electron chi connectivity index (χ3n) is 5.77. The Labute approximate surface area is 194 Å². The van der Waals surface area contributed by atoms with Crippen molar-refractivity contribution in [3.8, 4) is 0 Å². The monoisotopic (exact) mass is 450 g/mol. The number of hydrogen-bond donors (Lipinski definition) is 1. The fraction of sp³-hybridized carbons (Fsp3) is 0.417. The number of hydrogen-bond acceptors (Lipinski definition) is 8. The van der Waals surface area contributed by atoms with Gasteiger partial charge in [0.25, 0.3) is 11.9 Å². The van der Waals surface area contributed by atoms with Crippen molar-refractivity contribution < 1.29 is 14.6 Å². The molecule has 1 aromatic carbocycles. The SMILES string of the molecule is CN(C)Cc1ccc(C(=O)N2CCC(OC3=NC(c4ccncn4)=CC(O)N3C)CC2)cc1. The van der Waals surface area contributed by atoms with E-state index >= 15 is 0 Å². The first kappa shape index (κ1) is 22.9. The molecular weight excluding hydrogens is 420 g/mol. The number of amides is 1. The molecule has 3 heterocycles. The van der Waals surface area contributed by atoms with Crippen molar-refractivity contribution in [2.24, 2.45) is 4.99 Å². The minimum atomic E-state index is -0.861. The molecule has 9 heteroatoms. The summed E-state index contributed by atoms with van der Waals surface area (Å²) in [5.41, 5.74) is 3.05. The van der Waals surface area contributed by atoms with Crippen LogP contribution in [0.4, 0.5) is 0 Å². The highest BCUT2D eigenvalue weighted by atomic mass is 16.5. The van der Waals surface area contributed by atoms with Crippen molar-refractivity contribution in [2.75, 3.05) is 34.2 Å². The maximum atomic E-state index is 12.9. The van der Waals surface area contributed by atoms with Crippen LogP contribution < -0.4 is 0 Å². The topological polar surface area (TPSA) is 94.4 Å². The zero-order valence-corrected chi connectivity index (χ0v) is 19.3. The van der Waals surface area contributed by atoms with Crippen molar-refractivity contribution in [3.63, 3.8) is 0 Å². The lowest BCUT2D eigenvalue weighted by Crippen LogP contribution is -2.45. The maximum Gasteiger partial charge on any atom is 0.294 e. The number of carbonyl (C=O) groups is 1. The molecule has 2 aromatic rings. The van der Waals surface area contributed by atoms with Crippen molar-refractivity contribution in [2.45, 2.75) is 31.7 Å². The van der Waals surface area contributed by atoms with E-state index < -0.39 is 6.23 Å². The van der Waals surface area contributed by atoms with Gasteiger partial charge in [-0.2, -0.15) is 4.99 Å². The van der Waals surface area contributed by atoms with Gasteiger partial charge in [-0.25, -0.2) is 9.97 Å². The van der Waals surface area contributed by atoms with Crippen molar-refractivity contribution in [1.29, 1.82) is 0 Å². The predicted octanol–water partition coefficient (Wildman–Crippen LogP) is 1.82. The molecule has 1 aromatic heterocycles. The van der Waals surface area contributed by atoms with Gasteiger partial charge in [-0.15, -0.1) is 0 Å². The number of likely N-dealkylation sites (N-methyl/N-ethyl adjacent to an activating group) is 1. The smallest absolute Gasteiger partial charge is 0.294 e. The molecule has 1 unspecified atom stereocenters. The first-order chi connectivity index (χ1) is 15.9. The number of carbonyl (C=O) groups excluding carboxylic acids is 1. The molecule has 4 rings (SSSR count). The van der Waals surface area contributed by atoms with Gasteiger partial charge in [0.15, 0.2) is 6.23 Å². The van der Waals surface area contributed by atoms with Crippen LogP contribution in [0.1, 0.15) is 34.5 Å². The second-order valence-electron chi connectivity index (χ2n) is 8.61. The number of aromatic nitrogens is 2. The number of nitrogens with zero attached hydrogens (tertiary/aromatic N) is 6. The summed E-state index contributed by atoms with van der Waals surface area (Å²) in [6.07, 6.45) is 5.14. The lowest BCUT2D eigenvalue weighted by molar-refractivity contribution is 0.0393. The van der Waals surface area contributed by atoms with Gasteiger partial charge in [0, 0.05) is 51.3 Å². The Morgan fingerprint density at radius 3 is 2.55 bits per heavy atom. The molecule has 0 aliphatic carbocycles. The van der Waals surface area contributed by atoms with Crippen LogP contribution in [0.15, 0.2) is 53.9 Å². The van der Waals surface area contributed by atoms with Crippen LogP contribution in [0.2, 0.25) is 0 Å². The van der Waals surface area contributed by atoms with Crippen LogP contribution in [0.25, 0.3) is 5.70 Å². The van der Waals surface area contributed by atoms with Crippen LogP contribution in [-0.4, -0.2) is 88.3 Å². The zero-order chi connectivity index (χ0) is 23.4. The molecule has 2 aliphatic rings. The van der Waals surface area contributed by atoms with E-state index in [2.05, 4.69) is 19.9 Å². The Bertz CT molecular complexity index is 1010. The number of benzene rings is 1. The fourth-order valence-electron chi connectivity index (χ4n) is 3.91. The Morgan fingerprint density at radius 1 is 1.18 bits per heavy atom. The van der Waals surface area contributed by atoms with E-state index in [-0.39, 0.29) is 12.0 Å². The van der Waals surface area contributed by atoms with Gasteiger partial charge in [0.1, 0.15) is 12.4 Å². The van der Waals surface area contributed by atoms with Crippen molar-refractivity contribution >= 4 is 17.6 Å². The zero-order valence-electron chi connectivity index (χ0n) is 19.3. The molecule has 2 aliphatic heterocycles. The summed E-state index contributed by atoms with van der Waals surface area (Å²) in [7, 11) is 5.78. The van der Waals surface area contributed by atoms with Gasteiger partial charge < -0.3 is 24.5 Å². The average molecular weight is 451 g/mol. The van der Waals surface area contributed by atoms with Crippen LogP contribution in [-0.2, 0) is 11.3 Å². The van der Waals surface area contributed by atoms with E-state index in [1.807, 2.05) is 43.3 Å². The highest BCUT2D eigenvalue weighted by Crippen LogP contribution is 2.23. The van der Waals surface area contributed by atoms with E-state index in [0.717, 1.165) is 6.54 Å². The van der Waals surface area contributed by atoms with Gasteiger partial charge in [-0.05, 0) is 43.9 Å². The van der Waals surface area contributed by atoms with E-state index in [4.69, 9.17) is 4.74 Å². The maximum absolute atomic E-state index is 12.9. The summed E-state index contributed by atoms with van der Waals surface area (Å²) in [4.78, 5) is 31.1. The first-order valence-corrected chi connectivity index (χ1v) is 11.1. The Hall–Kier alpha value is -3.30. The molecule has 1 saturated heterocycles. The molecule has 1 N–H and O–H groups in total. The van der Waals surface area contributed by atoms with E-state index in [9.17, 15) is 9.90 Å². The van der Waals surface area contributed by atoms with E-state index in [1.165, 1.54) is 11.9 Å². The molecule has 33 heavy (non-hydrogen) atoms. The molecule has 174 valence electrons. The number of aliphatic hydroxyl groups excluding tert-OH is 1. The van der Waals surface area contributed by atoms with Crippen molar-refractivity contribution in [3.05, 3.63) is 65.8 Å². The Morgan fingerprint density at radius 2 is 1.91 bits per heavy atom. The number of aliphatic hydroxyl groups is 1. The minimum absolute atomic E-state index is 0.0429. The lowest BCUT2D eigenvalue weighted by atomic mass is 10.1. The molecule has 0 bridgehead atoms. The molecule has 1 fully saturated rings. The van der Waals surface area contributed by atoms with Gasteiger partial charge in [0.2, 0.25) is 0 Å². The van der Waals surface area contributed by atoms with E-state index in [1.54, 1.807) is 30.3 Å². The normalized spacial score (nSPS) is 19.4. The number of likely N-dealkylation sites (tertiary alicyclic amines) is 1. The van der Waals surface area contributed by atoms with Crippen LogP contribution in [0.5, 0.6) is 0 Å². The third kappa shape index (κ3) is 5.55. The van der Waals surface area contributed by atoms with Crippen LogP contribution in [0.3, 0.4) is 0 Å². The second-order valence-corrected chi connectivity index (χ2v) is 8.61. The van der Waals surface area contributed by atoms with E-state index in [0.29, 0.717) is 48.9 Å². The number of amidine groups is 1. The summed E-state index contributed by atoms with van der Waals surface area (Å²) >= 11 is 0. The van der Waals surface area contributed by atoms with Crippen molar-refractivity contribution in [1.82, 2.24) is 24.7 Å². The predicted molar refractivity (Wildman–Crippen MR) is 125 cm³/mol. The highest BCUT2D eigenvalue weighted by molar-refractivity contribution is 5.94. The van der Waals surface area contributed by atoms with Gasteiger partial charge >= 0.3 is 0 Å². The van der Waals surface area contributed by atoms with Gasteiger partial charge in [0.05, 0.1) is 11.4 Å².